The lowest BCUT2D eigenvalue weighted by atomic mass is 10.2. The summed E-state index contributed by atoms with van der Waals surface area (Å²) in [7, 11) is -3.55. The quantitative estimate of drug-likeness (QED) is 0.639. The average molecular weight is 264 g/mol. The van der Waals surface area contributed by atoms with Crippen LogP contribution in [0.15, 0.2) is 17.0 Å². The van der Waals surface area contributed by atoms with Gasteiger partial charge in [-0.3, -0.25) is 4.79 Å². The molecule has 0 atom stereocenters. The Morgan fingerprint density at radius 3 is 2.62 bits per heavy atom. The summed E-state index contributed by atoms with van der Waals surface area (Å²) in [6.45, 7) is 0.650. The molecular weight excluding hydrogens is 254 g/mol. The number of carbonyl (C=O) groups is 1. The Morgan fingerprint density at radius 2 is 2.12 bits per heavy atom. The number of aliphatic hydroxyl groups is 1. The zero-order valence-electron chi connectivity index (χ0n) is 8.47. The van der Waals surface area contributed by atoms with Gasteiger partial charge in [0.05, 0.1) is 10.6 Å². The van der Waals surface area contributed by atoms with Gasteiger partial charge in [-0.2, -0.15) is 0 Å². The van der Waals surface area contributed by atoms with E-state index in [4.69, 9.17) is 16.7 Å². The van der Waals surface area contributed by atoms with Gasteiger partial charge < -0.3 is 5.11 Å². The molecule has 0 aromatic carbocycles. The van der Waals surface area contributed by atoms with Crippen LogP contribution in [0.4, 0.5) is 0 Å². The summed E-state index contributed by atoms with van der Waals surface area (Å²) >= 11 is 5.57. The highest BCUT2D eigenvalue weighted by molar-refractivity contribution is 7.91. The molecule has 16 heavy (non-hydrogen) atoms. The normalized spacial score (nSPS) is 11.4. The van der Waals surface area contributed by atoms with Crippen molar-refractivity contribution in [3.05, 3.63) is 23.0 Å². The molecule has 0 saturated carbocycles. The highest BCUT2D eigenvalue weighted by Crippen LogP contribution is 2.18. The van der Waals surface area contributed by atoms with Crippen molar-refractivity contribution in [1.29, 1.82) is 0 Å². The maximum Gasteiger partial charge on any atom is 0.207 e. The highest BCUT2D eigenvalue weighted by Gasteiger charge is 2.22. The predicted molar refractivity (Wildman–Crippen MR) is 58.4 cm³/mol. The molecule has 5 nitrogen and oxygen atoms in total. The van der Waals surface area contributed by atoms with Crippen molar-refractivity contribution in [1.82, 2.24) is 4.98 Å². The first kappa shape index (κ1) is 13.1. The van der Waals surface area contributed by atoms with Crippen LogP contribution >= 0.6 is 11.6 Å². The van der Waals surface area contributed by atoms with Crippen LogP contribution in [-0.4, -0.2) is 36.7 Å². The molecular formula is C9H10ClNO4S. The van der Waals surface area contributed by atoms with Crippen LogP contribution in [0, 0.1) is 0 Å². The van der Waals surface area contributed by atoms with Crippen molar-refractivity contribution in [3.63, 3.8) is 0 Å². The van der Waals surface area contributed by atoms with E-state index in [1.165, 1.54) is 19.1 Å². The minimum Gasteiger partial charge on any atom is -0.388 e. The van der Waals surface area contributed by atoms with Crippen LogP contribution in [0.1, 0.15) is 17.4 Å². The van der Waals surface area contributed by atoms with Crippen LogP contribution in [0.2, 0.25) is 5.15 Å². The Bertz CT molecular complexity index is 512. The molecule has 0 spiro atoms. The Kier molecular flexibility index (Phi) is 4.01. The third-order valence-electron chi connectivity index (χ3n) is 1.95. The summed E-state index contributed by atoms with van der Waals surface area (Å²) in [5, 5.41) is 8.72. The molecule has 1 heterocycles. The molecule has 7 heteroatoms. The molecule has 0 unspecified atom stereocenters. The summed E-state index contributed by atoms with van der Waals surface area (Å²) in [6, 6.07) is 2.51. The zero-order valence-corrected chi connectivity index (χ0v) is 10.0. The van der Waals surface area contributed by atoms with E-state index in [-0.39, 0.29) is 21.5 Å². The molecule has 0 saturated heterocycles. The molecule has 0 fully saturated rings. The number of pyridine rings is 1. The van der Waals surface area contributed by atoms with Crippen molar-refractivity contribution in [3.8, 4) is 0 Å². The van der Waals surface area contributed by atoms with Crippen LogP contribution in [0.3, 0.4) is 0 Å². The molecule has 0 aliphatic carbocycles. The molecule has 1 aromatic heterocycles. The maximum absolute atomic E-state index is 11.6. The third-order valence-corrected chi connectivity index (χ3v) is 3.92. The van der Waals surface area contributed by atoms with Crippen molar-refractivity contribution >= 4 is 27.2 Å². The molecule has 0 amide bonds. The van der Waals surface area contributed by atoms with Crippen molar-refractivity contribution in [2.75, 3.05) is 12.4 Å². The molecule has 1 rings (SSSR count). The fraction of sp³-hybridized carbons (Fsp3) is 0.333. The van der Waals surface area contributed by atoms with Crippen LogP contribution in [-0.2, 0) is 9.84 Å². The first-order valence-electron chi connectivity index (χ1n) is 4.45. The number of hydrogen-bond donors (Lipinski definition) is 1. The summed E-state index contributed by atoms with van der Waals surface area (Å²) in [5.74, 6) is -0.920. The second-order valence-electron chi connectivity index (χ2n) is 2.97. The van der Waals surface area contributed by atoms with Gasteiger partial charge in [0, 0.05) is 0 Å². The number of carbonyl (C=O) groups excluding carboxylic acids is 1. The number of aliphatic hydroxyl groups excluding tert-OH is 1. The Balaban J connectivity index is 3.46. The summed E-state index contributed by atoms with van der Waals surface area (Å²) in [6.07, 6.45) is 0. The van der Waals surface area contributed by atoms with E-state index in [2.05, 4.69) is 4.98 Å². The van der Waals surface area contributed by atoms with E-state index < -0.39 is 22.2 Å². The third kappa shape index (κ3) is 2.58. The molecule has 0 radical (unpaired) electrons. The number of rotatable bonds is 4. The van der Waals surface area contributed by atoms with E-state index in [1.54, 1.807) is 0 Å². The Hall–Kier alpha value is -0.980. The number of nitrogens with zero attached hydrogens (tertiary/aromatic N) is 1. The molecule has 1 aromatic rings. The van der Waals surface area contributed by atoms with Gasteiger partial charge in [0.25, 0.3) is 0 Å². The number of ketones is 1. The first-order chi connectivity index (χ1) is 7.42. The fourth-order valence-corrected chi connectivity index (χ4v) is 2.29. The van der Waals surface area contributed by atoms with E-state index >= 15 is 0 Å². The highest BCUT2D eigenvalue weighted by atomic mass is 35.5. The van der Waals surface area contributed by atoms with E-state index in [0.29, 0.717) is 0 Å². The number of hydrogen-bond acceptors (Lipinski definition) is 5. The average Bonchev–Trinajstić information content (AvgIpc) is 2.27. The lowest BCUT2D eigenvalue weighted by Crippen LogP contribution is -2.15. The monoisotopic (exact) mass is 263 g/mol. The van der Waals surface area contributed by atoms with Gasteiger partial charge in [-0.15, -0.1) is 0 Å². The largest absolute Gasteiger partial charge is 0.388 e. The molecule has 0 aliphatic heterocycles. The van der Waals surface area contributed by atoms with Crippen molar-refractivity contribution in [2.45, 2.75) is 11.8 Å². The number of halogens is 1. The van der Waals surface area contributed by atoms with Gasteiger partial charge in [-0.1, -0.05) is 18.5 Å². The minimum atomic E-state index is -3.55. The Labute approximate surface area is 98.0 Å². The van der Waals surface area contributed by atoms with Gasteiger partial charge >= 0.3 is 0 Å². The van der Waals surface area contributed by atoms with E-state index in [9.17, 15) is 13.2 Å². The lowest BCUT2D eigenvalue weighted by Gasteiger charge is -2.06. The first-order valence-corrected chi connectivity index (χ1v) is 6.48. The number of sulfone groups is 1. The Morgan fingerprint density at radius 1 is 1.50 bits per heavy atom. The smallest absolute Gasteiger partial charge is 0.207 e. The minimum absolute atomic E-state index is 0.00635. The SMILES string of the molecule is CCS(=O)(=O)c1ccc(Cl)nc1C(=O)CO. The van der Waals surface area contributed by atoms with Crippen LogP contribution in [0.5, 0.6) is 0 Å². The van der Waals surface area contributed by atoms with Gasteiger partial charge in [-0.05, 0) is 12.1 Å². The van der Waals surface area contributed by atoms with Crippen molar-refractivity contribution in [2.24, 2.45) is 0 Å². The zero-order chi connectivity index (χ0) is 12.3. The lowest BCUT2D eigenvalue weighted by molar-refractivity contribution is 0.0895. The molecule has 0 aliphatic rings. The standard InChI is InChI=1S/C9H10ClNO4S/c1-2-16(14,15)7-3-4-8(10)11-9(7)6(13)5-12/h3-4,12H,2,5H2,1H3. The summed E-state index contributed by atoms with van der Waals surface area (Å²) in [4.78, 5) is 14.8. The summed E-state index contributed by atoms with van der Waals surface area (Å²) < 4.78 is 23.3. The van der Waals surface area contributed by atoms with Crippen molar-refractivity contribution < 1.29 is 18.3 Å². The fourth-order valence-electron chi connectivity index (χ4n) is 1.10. The number of aromatic nitrogens is 1. The molecule has 0 bridgehead atoms. The van der Waals surface area contributed by atoms with Gasteiger partial charge in [0.1, 0.15) is 17.5 Å². The maximum atomic E-state index is 11.6. The number of Topliss-reactive ketones (excluding diaryl/α,β-unsaturated/α-hetero) is 1. The van der Waals surface area contributed by atoms with Gasteiger partial charge in [-0.25, -0.2) is 13.4 Å². The second kappa shape index (κ2) is 4.90. The van der Waals surface area contributed by atoms with Crippen LogP contribution < -0.4 is 0 Å². The van der Waals surface area contributed by atoms with E-state index in [1.807, 2.05) is 0 Å². The van der Waals surface area contributed by atoms with Gasteiger partial charge in [0.15, 0.2) is 9.84 Å². The van der Waals surface area contributed by atoms with Gasteiger partial charge in [0.2, 0.25) is 5.78 Å². The molecule has 1 N–H and O–H groups in total. The van der Waals surface area contributed by atoms with Crippen LogP contribution in [0.25, 0.3) is 0 Å². The molecule has 88 valence electrons. The van der Waals surface area contributed by atoms with E-state index in [0.717, 1.165) is 0 Å². The topological polar surface area (TPSA) is 84.3 Å². The predicted octanol–water partition coefficient (Wildman–Crippen LogP) is 0.704. The summed E-state index contributed by atoms with van der Waals surface area (Å²) in [5.41, 5.74) is -0.308. The second-order valence-corrected chi connectivity index (χ2v) is 5.60.